The Balaban J connectivity index is 0. The zero-order valence-corrected chi connectivity index (χ0v) is 11.5. The maximum Gasteiger partial charge on any atom is 0.149 e. The molecule has 4 heteroatoms. The predicted molar refractivity (Wildman–Crippen MR) is 70.4 cm³/mol. The molecule has 0 aliphatic rings. The van der Waals surface area contributed by atoms with Crippen molar-refractivity contribution < 1.29 is 9.84 Å². The van der Waals surface area contributed by atoms with Gasteiger partial charge in [-0.15, -0.1) is 0 Å². The van der Waals surface area contributed by atoms with E-state index >= 15 is 0 Å². The average Bonchev–Trinajstić information content (AvgIpc) is 2.17. The summed E-state index contributed by atoms with van der Waals surface area (Å²) in [7, 11) is -2.74. The van der Waals surface area contributed by atoms with Crippen LogP contribution in [0.15, 0.2) is 18.2 Å². The number of aryl methyl sites for hydroxylation is 2. The van der Waals surface area contributed by atoms with Crippen molar-refractivity contribution in [3.63, 3.8) is 0 Å². The van der Waals surface area contributed by atoms with Gasteiger partial charge in [-0.2, -0.15) is 0 Å². The summed E-state index contributed by atoms with van der Waals surface area (Å²) in [5.41, 5.74) is 2.28. The van der Waals surface area contributed by atoms with Crippen molar-refractivity contribution in [3.8, 4) is 0 Å². The number of aromatic nitrogens is 1. The maximum absolute atomic E-state index is 10.3. The second kappa shape index (κ2) is 6.63. The van der Waals surface area contributed by atoms with Crippen molar-refractivity contribution >= 4 is 9.84 Å². The zero-order chi connectivity index (χ0) is 12.8. The van der Waals surface area contributed by atoms with E-state index in [0.717, 1.165) is 12.1 Å². The second-order valence-corrected chi connectivity index (χ2v) is 6.60. The summed E-state index contributed by atoms with van der Waals surface area (Å²) in [6.07, 6.45) is 2.26. The molecule has 0 unspecified atom stereocenters. The molecule has 0 radical (unpaired) electrons. The summed E-state index contributed by atoms with van der Waals surface area (Å²) in [5, 5.41) is -0.229. The first-order valence-electron chi connectivity index (χ1n) is 5.38. The van der Waals surface area contributed by atoms with Crippen LogP contribution in [0.2, 0.25) is 0 Å². The Morgan fingerprint density at radius 1 is 1.38 bits per heavy atom. The monoisotopic (exact) mass is 245 g/mol. The SMILES string of the molecule is CC(C)S(C)(=O)=O.CCc1cccc(C)n1.[HH]. The maximum atomic E-state index is 10.3. The van der Waals surface area contributed by atoms with Gasteiger partial charge in [-0.3, -0.25) is 4.98 Å². The molecular weight excluding hydrogens is 222 g/mol. The standard InChI is InChI=1S/C8H11N.C4H10O2S.H2/c1-3-8-6-4-5-7(2)9-8;1-4(2)7(3,5)6;/h4-6H,3H2,1-2H3;4H,1-3H3;1H. The van der Waals surface area contributed by atoms with E-state index in [1.165, 1.54) is 11.9 Å². The molecule has 0 fully saturated rings. The molecule has 0 aliphatic heterocycles. The van der Waals surface area contributed by atoms with Crippen molar-refractivity contribution in [2.24, 2.45) is 0 Å². The Morgan fingerprint density at radius 2 is 1.88 bits per heavy atom. The van der Waals surface area contributed by atoms with Gasteiger partial charge >= 0.3 is 0 Å². The molecule has 0 bridgehead atoms. The number of pyridine rings is 1. The van der Waals surface area contributed by atoms with Crippen LogP contribution in [0.3, 0.4) is 0 Å². The van der Waals surface area contributed by atoms with Crippen LogP contribution >= 0.6 is 0 Å². The zero-order valence-electron chi connectivity index (χ0n) is 10.7. The number of sulfone groups is 1. The van der Waals surface area contributed by atoms with E-state index < -0.39 is 9.84 Å². The van der Waals surface area contributed by atoms with E-state index in [-0.39, 0.29) is 6.68 Å². The molecule has 0 saturated heterocycles. The Morgan fingerprint density at radius 3 is 2.12 bits per heavy atom. The summed E-state index contributed by atoms with van der Waals surface area (Å²) in [6.45, 7) is 7.45. The van der Waals surface area contributed by atoms with Gasteiger partial charge in [0.25, 0.3) is 0 Å². The van der Waals surface area contributed by atoms with Gasteiger partial charge in [-0.25, -0.2) is 8.42 Å². The quantitative estimate of drug-likeness (QED) is 0.804. The molecular formula is C12H23NO2S. The summed E-state index contributed by atoms with van der Waals surface area (Å²) in [4.78, 5) is 4.29. The van der Waals surface area contributed by atoms with Gasteiger partial charge in [0.05, 0.1) is 5.25 Å². The van der Waals surface area contributed by atoms with Crippen molar-refractivity contribution in [2.75, 3.05) is 6.26 Å². The smallest absolute Gasteiger partial charge is 0.149 e. The summed E-state index contributed by atoms with van der Waals surface area (Å²) >= 11 is 0. The van der Waals surface area contributed by atoms with E-state index in [2.05, 4.69) is 11.9 Å². The fourth-order valence-electron chi connectivity index (χ4n) is 0.796. The Labute approximate surface area is 100 Å². The fraction of sp³-hybridized carbons (Fsp3) is 0.583. The van der Waals surface area contributed by atoms with Crippen molar-refractivity contribution in [3.05, 3.63) is 29.6 Å². The lowest BCUT2D eigenvalue weighted by Crippen LogP contribution is -2.10. The van der Waals surface area contributed by atoms with Crippen LogP contribution in [0.25, 0.3) is 0 Å². The number of rotatable bonds is 2. The third kappa shape index (κ3) is 6.56. The Kier molecular flexibility index (Phi) is 6.26. The van der Waals surface area contributed by atoms with Crippen LogP contribution in [0.5, 0.6) is 0 Å². The molecule has 0 spiro atoms. The Bertz CT molecular complexity index is 416. The van der Waals surface area contributed by atoms with E-state index in [4.69, 9.17) is 0 Å². The van der Waals surface area contributed by atoms with Gasteiger partial charge in [-0.05, 0) is 39.3 Å². The lowest BCUT2D eigenvalue weighted by molar-refractivity contribution is 0.593. The highest BCUT2D eigenvalue weighted by Gasteiger charge is 2.05. The number of nitrogens with zero attached hydrogens (tertiary/aromatic N) is 1. The highest BCUT2D eigenvalue weighted by Crippen LogP contribution is 1.97. The van der Waals surface area contributed by atoms with Gasteiger partial charge in [0, 0.05) is 19.1 Å². The minimum absolute atomic E-state index is 0. The highest BCUT2D eigenvalue weighted by atomic mass is 32.2. The third-order valence-corrected chi connectivity index (χ3v) is 3.88. The molecule has 16 heavy (non-hydrogen) atoms. The van der Waals surface area contributed by atoms with Crippen LogP contribution in [0.4, 0.5) is 0 Å². The normalized spacial score (nSPS) is 10.9. The van der Waals surface area contributed by atoms with Crippen molar-refractivity contribution in [2.45, 2.75) is 39.4 Å². The van der Waals surface area contributed by atoms with Gasteiger partial charge < -0.3 is 0 Å². The lowest BCUT2D eigenvalue weighted by Gasteiger charge is -1.96. The summed E-state index contributed by atoms with van der Waals surface area (Å²) < 4.78 is 20.7. The van der Waals surface area contributed by atoms with E-state index in [0.29, 0.717) is 0 Å². The molecule has 3 nitrogen and oxygen atoms in total. The molecule has 1 rings (SSSR count). The van der Waals surface area contributed by atoms with Crippen molar-refractivity contribution in [1.82, 2.24) is 4.98 Å². The van der Waals surface area contributed by atoms with Crippen LogP contribution in [-0.2, 0) is 16.3 Å². The van der Waals surface area contributed by atoms with Crippen LogP contribution < -0.4 is 0 Å². The summed E-state index contributed by atoms with van der Waals surface area (Å²) in [6, 6.07) is 6.10. The van der Waals surface area contributed by atoms with Crippen LogP contribution in [0.1, 0.15) is 33.6 Å². The first kappa shape index (κ1) is 15.1. The lowest BCUT2D eigenvalue weighted by atomic mass is 10.3. The first-order valence-corrected chi connectivity index (χ1v) is 7.34. The van der Waals surface area contributed by atoms with Crippen LogP contribution in [-0.4, -0.2) is 24.9 Å². The predicted octanol–water partition coefficient (Wildman–Crippen LogP) is 2.64. The molecule has 0 N–H and O–H groups in total. The second-order valence-electron chi connectivity index (χ2n) is 4.00. The molecule has 0 aromatic carbocycles. The summed E-state index contributed by atoms with van der Waals surface area (Å²) in [5.74, 6) is 0. The molecule has 0 atom stereocenters. The minimum Gasteiger partial charge on any atom is -0.258 e. The minimum atomic E-state index is -2.74. The van der Waals surface area contributed by atoms with Gasteiger partial charge in [0.1, 0.15) is 9.84 Å². The van der Waals surface area contributed by atoms with E-state index in [9.17, 15) is 8.42 Å². The molecule has 1 aromatic heterocycles. The van der Waals surface area contributed by atoms with E-state index in [1.807, 2.05) is 25.1 Å². The largest absolute Gasteiger partial charge is 0.258 e. The molecule has 0 amide bonds. The first-order chi connectivity index (χ1) is 7.27. The number of hydrogen-bond acceptors (Lipinski definition) is 3. The van der Waals surface area contributed by atoms with E-state index in [1.54, 1.807) is 13.8 Å². The molecule has 1 aromatic rings. The van der Waals surface area contributed by atoms with Gasteiger partial charge in [0.15, 0.2) is 0 Å². The molecule has 1 heterocycles. The topological polar surface area (TPSA) is 47.0 Å². The molecule has 0 saturated carbocycles. The molecule has 94 valence electrons. The van der Waals surface area contributed by atoms with Gasteiger partial charge in [-0.1, -0.05) is 13.0 Å². The molecule has 0 aliphatic carbocycles. The highest BCUT2D eigenvalue weighted by molar-refractivity contribution is 7.91. The third-order valence-electron chi connectivity index (χ3n) is 2.16. The fourth-order valence-corrected chi connectivity index (χ4v) is 0.796. The van der Waals surface area contributed by atoms with Gasteiger partial charge in [0.2, 0.25) is 0 Å². The van der Waals surface area contributed by atoms with Crippen molar-refractivity contribution in [1.29, 1.82) is 0 Å². The Hall–Kier alpha value is -0.900. The van der Waals surface area contributed by atoms with Crippen LogP contribution in [0, 0.1) is 6.92 Å². The average molecular weight is 245 g/mol. The number of hydrogen-bond donors (Lipinski definition) is 0.